The van der Waals surface area contributed by atoms with E-state index in [-0.39, 0.29) is 24.5 Å². The molecule has 34 heavy (non-hydrogen) atoms. The van der Waals surface area contributed by atoms with E-state index < -0.39 is 47.9 Å². The van der Waals surface area contributed by atoms with Crippen molar-refractivity contribution in [2.24, 2.45) is 17.4 Å². The third-order valence-electron chi connectivity index (χ3n) is 5.34. The Morgan fingerprint density at radius 3 is 2.00 bits per heavy atom. The lowest BCUT2D eigenvalue weighted by molar-refractivity contribution is -0.142. The summed E-state index contributed by atoms with van der Waals surface area (Å²) in [6, 6.07) is 2.10. The van der Waals surface area contributed by atoms with Crippen molar-refractivity contribution < 1.29 is 29.4 Å². The smallest absolute Gasteiger partial charge is 0.326 e. The summed E-state index contributed by atoms with van der Waals surface area (Å²) < 4.78 is 0. The fraction of sp³-hybridized carbons (Fsp3) is 0.565. The van der Waals surface area contributed by atoms with Gasteiger partial charge in [-0.1, -0.05) is 26.0 Å². The van der Waals surface area contributed by atoms with Crippen LogP contribution in [0.1, 0.15) is 45.6 Å². The first-order valence-electron chi connectivity index (χ1n) is 11.3. The first-order chi connectivity index (χ1) is 16.0. The van der Waals surface area contributed by atoms with Crippen LogP contribution in [0.5, 0.6) is 5.75 Å². The topological polar surface area (TPSA) is 197 Å². The Morgan fingerprint density at radius 1 is 0.882 bits per heavy atom. The molecule has 0 saturated heterocycles. The lowest BCUT2D eigenvalue weighted by Gasteiger charge is -2.24. The summed E-state index contributed by atoms with van der Waals surface area (Å²) in [6.07, 6.45) is 1.47. The number of nitrogens with one attached hydrogen (secondary N) is 3. The van der Waals surface area contributed by atoms with Crippen LogP contribution < -0.4 is 27.4 Å². The van der Waals surface area contributed by atoms with E-state index in [1.54, 1.807) is 26.0 Å². The molecular weight excluding hydrogens is 442 g/mol. The predicted octanol–water partition coefficient (Wildman–Crippen LogP) is -0.394. The predicted molar refractivity (Wildman–Crippen MR) is 127 cm³/mol. The number of benzene rings is 1. The Bertz CT molecular complexity index is 830. The summed E-state index contributed by atoms with van der Waals surface area (Å²) in [5, 5.41) is 26.4. The van der Waals surface area contributed by atoms with Crippen molar-refractivity contribution in [2.45, 2.75) is 70.6 Å². The molecule has 11 nitrogen and oxygen atoms in total. The minimum absolute atomic E-state index is 0.0559. The van der Waals surface area contributed by atoms with Gasteiger partial charge in [0.05, 0.1) is 6.04 Å². The van der Waals surface area contributed by atoms with Gasteiger partial charge in [-0.05, 0) is 56.3 Å². The van der Waals surface area contributed by atoms with Crippen LogP contribution in [-0.2, 0) is 25.6 Å². The molecule has 0 bridgehead atoms. The average Bonchev–Trinajstić information content (AvgIpc) is 2.78. The molecule has 190 valence electrons. The highest BCUT2D eigenvalue weighted by Crippen LogP contribution is 2.12. The van der Waals surface area contributed by atoms with Crippen molar-refractivity contribution in [3.8, 4) is 5.75 Å². The number of hydrogen-bond acceptors (Lipinski definition) is 7. The molecule has 0 saturated carbocycles. The monoisotopic (exact) mass is 479 g/mol. The molecule has 3 amide bonds. The highest BCUT2D eigenvalue weighted by atomic mass is 16.4. The molecule has 0 aliphatic heterocycles. The van der Waals surface area contributed by atoms with E-state index in [1.165, 1.54) is 19.1 Å². The molecule has 0 aliphatic rings. The number of carboxylic acids is 1. The molecule has 1 aromatic rings. The molecule has 4 atom stereocenters. The first kappa shape index (κ1) is 28.9. The Hall–Kier alpha value is -3.18. The van der Waals surface area contributed by atoms with Gasteiger partial charge < -0.3 is 37.6 Å². The first-order valence-corrected chi connectivity index (χ1v) is 11.3. The van der Waals surface area contributed by atoms with Crippen LogP contribution in [0.3, 0.4) is 0 Å². The van der Waals surface area contributed by atoms with Crippen LogP contribution >= 0.6 is 0 Å². The molecule has 0 fully saturated rings. The van der Waals surface area contributed by atoms with Gasteiger partial charge in [0.2, 0.25) is 17.7 Å². The number of aliphatic carboxylic acids is 1. The zero-order valence-electron chi connectivity index (χ0n) is 19.9. The van der Waals surface area contributed by atoms with Gasteiger partial charge >= 0.3 is 5.97 Å². The second kappa shape index (κ2) is 14.2. The molecule has 1 rings (SSSR count). The molecule has 0 aromatic heterocycles. The summed E-state index contributed by atoms with van der Waals surface area (Å²) in [4.78, 5) is 49.4. The standard InChI is InChI=1S/C23H37N5O6/c1-13(2)19(25)22(32)28-18(12-15-7-9-16(29)10-8-15)21(31)26-14(3)20(30)27-17(23(33)34)6-4-5-11-24/h7-10,13-14,17-19,29H,4-6,11-12,24-25H2,1-3H3,(H,26,31)(H,27,30)(H,28,32)(H,33,34). The van der Waals surface area contributed by atoms with Gasteiger partial charge in [-0.2, -0.15) is 0 Å². The summed E-state index contributed by atoms with van der Waals surface area (Å²) in [6.45, 7) is 5.39. The minimum atomic E-state index is -1.18. The number of phenols is 1. The van der Waals surface area contributed by atoms with E-state index >= 15 is 0 Å². The molecular formula is C23H37N5O6. The number of unbranched alkanes of at least 4 members (excludes halogenated alkanes) is 1. The number of carboxylic acid groups (broad SMARTS) is 1. The van der Waals surface area contributed by atoms with Crippen LogP contribution in [0, 0.1) is 5.92 Å². The molecule has 11 heteroatoms. The Balaban J connectivity index is 2.89. The van der Waals surface area contributed by atoms with E-state index in [0.29, 0.717) is 24.9 Å². The molecule has 0 spiro atoms. The molecule has 0 heterocycles. The largest absolute Gasteiger partial charge is 0.508 e. The maximum absolute atomic E-state index is 13.0. The second-order valence-corrected chi connectivity index (χ2v) is 8.62. The van der Waals surface area contributed by atoms with E-state index in [1.807, 2.05) is 0 Å². The van der Waals surface area contributed by atoms with Crippen LogP contribution in [0.25, 0.3) is 0 Å². The number of carbonyl (C=O) groups is 4. The third-order valence-corrected chi connectivity index (χ3v) is 5.34. The SMILES string of the molecule is CC(NC(=O)C(Cc1ccc(O)cc1)NC(=O)C(N)C(C)C)C(=O)NC(CCCCN)C(=O)O. The summed E-state index contributed by atoms with van der Waals surface area (Å²) >= 11 is 0. The van der Waals surface area contributed by atoms with Gasteiger partial charge in [0.15, 0.2) is 0 Å². The normalized spacial score (nSPS) is 14.5. The highest BCUT2D eigenvalue weighted by molar-refractivity contribution is 5.94. The van der Waals surface area contributed by atoms with Crippen LogP contribution in [0.2, 0.25) is 0 Å². The molecule has 1 aromatic carbocycles. The van der Waals surface area contributed by atoms with Crippen molar-refractivity contribution in [2.75, 3.05) is 6.54 Å². The molecule has 9 N–H and O–H groups in total. The molecule has 0 aliphatic carbocycles. The molecule has 4 unspecified atom stereocenters. The number of nitrogens with two attached hydrogens (primary N) is 2. The quantitative estimate of drug-likeness (QED) is 0.175. The van der Waals surface area contributed by atoms with Crippen LogP contribution in [0.4, 0.5) is 0 Å². The second-order valence-electron chi connectivity index (χ2n) is 8.62. The van der Waals surface area contributed by atoms with Crippen molar-refractivity contribution in [3.05, 3.63) is 29.8 Å². The highest BCUT2D eigenvalue weighted by Gasteiger charge is 2.29. The van der Waals surface area contributed by atoms with Gasteiger partial charge in [-0.15, -0.1) is 0 Å². The number of carbonyl (C=O) groups excluding carboxylic acids is 3. The third kappa shape index (κ3) is 9.75. The maximum atomic E-state index is 13.0. The van der Waals surface area contributed by atoms with Gasteiger partial charge in [0.25, 0.3) is 0 Å². The van der Waals surface area contributed by atoms with E-state index in [0.717, 1.165) is 0 Å². The number of hydrogen-bond donors (Lipinski definition) is 7. The fourth-order valence-corrected chi connectivity index (χ4v) is 3.07. The summed E-state index contributed by atoms with van der Waals surface area (Å²) in [5.41, 5.74) is 12.0. The number of aromatic hydroxyl groups is 1. The van der Waals surface area contributed by atoms with Crippen LogP contribution in [0.15, 0.2) is 24.3 Å². The Labute approximate surface area is 199 Å². The van der Waals surface area contributed by atoms with E-state index in [9.17, 15) is 29.4 Å². The fourth-order valence-electron chi connectivity index (χ4n) is 3.07. The Kier molecular flexibility index (Phi) is 12.0. The van der Waals surface area contributed by atoms with Gasteiger partial charge in [-0.25, -0.2) is 4.79 Å². The summed E-state index contributed by atoms with van der Waals surface area (Å²) in [5.74, 6) is -3.09. The van der Waals surface area contributed by atoms with E-state index in [2.05, 4.69) is 16.0 Å². The van der Waals surface area contributed by atoms with Crippen molar-refractivity contribution in [1.82, 2.24) is 16.0 Å². The van der Waals surface area contributed by atoms with Crippen molar-refractivity contribution in [3.63, 3.8) is 0 Å². The summed E-state index contributed by atoms with van der Waals surface area (Å²) in [7, 11) is 0. The minimum Gasteiger partial charge on any atom is -0.508 e. The maximum Gasteiger partial charge on any atom is 0.326 e. The van der Waals surface area contributed by atoms with Crippen molar-refractivity contribution >= 4 is 23.7 Å². The average molecular weight is 480 g/mol. The van der Waals surface area contributed by atoms with Crippen molar-refractivity contribution in [1.29, 1.82) is 0 Å². The van der Waals surface area contributed by atoms with E-state index in [4.69, 9.17) is 11.5 Å². The Morgan fingerprint density at radius 2 is 1.47 bits per heavy atom. The lowest BCUT2D eigenvalue weighted by Crippen LogP contribution is -2.57. The number of rotatable bonds is 14. The lowest BCUT2D eigenvalue weighted by atomic mass is 10.0. The zero-order chi connectivity index (χ0) is 25.8. The van der Waals surface area contributed by atoms with Crippen LogP contribution in [-0.4, -0.2) is 64.6 Å². The van der Waals surface area contributed by atoms with Gasteiger partial charge in [0, 0.05) is 6.42 Å². The number of amides is 3. The van der Waals surface area contributed by atoms with Gasteiger partial charge in [-0.3, -0.25) is 14.4 Å². The van der Waals surface area contributed by atoms with Gasteiger partial charge in [0.1, 0.15) is 23.9 Å². The molecule has 0 radical (unpaired) electrons. The number of phenolic OH excluding ortho intramolecular Hbond substituents is 1. The zero-order valence-corrected chi connectivity index (χ0v) is 19.9.